The van der Waals surface area contributed by atoms with Crippen LogP contribution < -0.4 is 16.0 Å². The zero-order valence-corrected chi connectivity index (χ0v) is 23.0. The Hall–Kier alpha value is -3.90. The van der Waals surface area contributed by atoms with Gasteiger partial charge < -0.3 is 25.6 Å². The average Bonchev–Trinajstić information content (AvgIpc) is 3.40. The summed E-state index contributed by atoms with van der Waals surface area (Å²) < 4.78 is 33.9. The molecule has 220 valence electrons. The lowest BCUT2D eigenvalue weighted by Gasteiger charge is -2.31. The van der Waals surface area contributed by atoms with Gasteiger partial charge in [0.15, 0.2) is 0 Å². The van der Waals surface area contributed by atoms with Gasteiger partial charge in [-0.15, -0.1) is 0 Å². The summed E-state index contributed by atoms with van der Waals surface area (Å²) in [4.78, 5) is 75.9. The highest BCUT2D eigenvalue weighted by Crippen LogP contribution is 2.22. The minimum Gasteiger partial charge on any atom is -0.466 e. The molecule has 0 bridgehead atoms. The van der Waals surface area contributed by atoms with Gasteiger partial charge >= 0.3 is 11.9 Å². The quantitative estimate of drug-likeness (QED) is 0.239. The third-order valence-electron chi connectivity index (χ3n) is 6.34. The monoisotopic (exact) mass is 566 g/mol. The molecule has 3 N–H and O–H groups in total. The van der Waals surface area contributed by atoms with E-state index < -0.39 is 71.8 Å². The van der Waals surface area contributed by atoms with Crippen LogP contribution >= 0.6 is 0 Å². The molecular weight excluding hydrogens is 530 g/mol. The van der Waals surface area contributed by atoms with Gasteiger partial charge in [0.2, 0.25) is 23.5 Å². The first-order valence-electron chi connectivity index (χ1n) is 13.1. The number of benzene rings is 1. The second kappa shape index (κ2) is 14.5. The fraction of sp³-hybridized carbons (Fsp3) is 0.556. The van der Waals surface area contributed by atoms with Gasteiger partial charge in [-0.3, -0.25) is 28.8 Å². The molecule has 0 spiro atoms. The maximum absolute atomic E-state index is 14.6. The molecule has 4 amide bonds. The smallest absolute Gasteiger partial charge is 0.383 e. The first kappa shape index (κ1) is 32.3. The summed E-state index contributed by atoms with van der Waals surface area (Å²) in [5.41, 5.74) is 0.559. The van der Waals surface area contributed by atoms with Crippen molar-refractivity contribution in [1.82, 2.24) is 20.9 Å². The highest BCUT2D eigenvalue weighted by Gasteiger charge is 2.50. The van der Waals surface area contributed by atoms with Crippen molar-refractivity contribution in [2.45, 2.75) is 77.6 Å². The Labute approximate surface area is 231 Å². The van der Waals surface area contributed by atoms with Gasteiger partial charge in [0.1, 0.15) is 18.5 Å². The van der Waals surface area contributed by atoms with Crippen molar-refractivity contribution in [3.05, 3.63) is 35.9 Å². The number of ether oxygens (including phenoxy) is 1. The molecule has 3 atom stereocenters. The Balaban J connectivity index is 2.02. The van der Waals surface area contributed by atoms with E-state index in [9.17, 15) is 37.5 Å². The predicted molar refractivity (Wildman–Crippen MR) is 139 cm³/mol. The number of ketones is 1. The third kappa shape index (κ3) is 8.55. The van der Waals surface area contributed by atoms with Gasteiger partial charge in [0, 0.05) is 13.1 Å². The second-order valence-electron chi connectivity index (χ2n) is 9.80. The molecule has 0 aromatic heterocycles. The molecule has 1 aromatic rings. The molecule has 2 unspecified atom stereocenters. The third-order valence-corrected chi connectivity index (χ3v) is 6.34. The predicted octanol–water partition coefficient (Wildman–Crippen LogP) is 1.10. The molecule has 0 saturated carbocycles. The lowest BCUT2D eigenvalue weighted by molar-refractivity contribution is -0.160. The lowest BCUT2D eigenvalue weighted by atomic mass is 10.0. The first-order valence-corrected chi connectivity index (χ1v) is 13.1. The van der Waals surface area contributed by atoms with Gasteiger partial charge in [-0.2, -0.15) is 8.78 Å². The SMILES string of the molecule is CCOC(=O)CC(=O)N[C@H](C(=O)N1CCCC1C(=O)NC(C)C(=O)C(F)(F)C(=O)NCc1ccccc1)C(C)C. The normalized spacial score (nSPS) is 16.6. The molecule has 1 saturated heterocycles. The molecule has 1 fully saturated rings. The largest absolute Gasteiger partial charge is 0.466 e. The van der Waals surface area contributed by atoms with Crippen LogP contribution in [0, 0.1) is 5.92 Å². The maximum atomic E-state index is 14.6. The number of alkyl halides is 2. The van der Waals surface area contributed by atoms with E-state index in [-0.39, 0.29) is 26.1 Å². The molecular formula is C27H36F2N4O7. The molecule has 11 nitrogen and oxygen atoms in total. The molecule has 40 heavy (non-hydrogen) atoms. The van der Waals surface area contributed by atoms with Crippen LogP contribution in [0.2, 0.25) is 0 Å². The highest BCUT2D eigenvalue weighted by molar-refractivity contribution is 6.10. The highest BCUT2D eigenvalue weighted by atomic mass is 19.3. The Morgan fingerprint density at radius 1 is 1.05 bits per heavy atom. The van der Waals surface area contributed by atoms with Crippen LogP contribution in [0.25, 0.3) is 0 Å². The van der Waals surface area contributed by atoms with Crippen LogP contribution in [0.1, 0.15) is 52.5 Å². The van der Waals surface area contributed by atoms with Crippen molar-refractivity contribution in [3.63, 3.8) is 0 Å². The number of likely N-dealkylation sites (tertiary alicyclic amines) is 1. The number of nitrogens with one attached hydrogen (secondary N) is 3. The standard InChI is InChI=1S/C27H36F2N4O7/c1-5-40-21(35)14-20(34)32-22(16(2)3)25(38)33-13-9-12-19(33)24(37)31-17(4)23(36)27(28,29)26(39)30-15-18-10-7-6-8-11-18/h6-8,10-11,16-17,19,22H,5,9,12-15H2,1-4H3,(H,30,39)(H,31,37)(H,32,34)/t17?,19?,22-/m0/s1. The Kier molecular flexibility index (Phi) is 11.7. The summed E-state index contributed by atoms with van der Waals surface area (Å²) in [5, 5.41) is 6.72. The van der Waals surface area contributed by atoms with Crippen LogP contribution in [0.4, 0.5) is 8.78 Å². The van der Waals surface area contributed by atoms with Crippen molar-refractivity contribution < 1.29 is 42.3 Å². The van der Waals surface area contributed by atoms with Crippen molar-refractivity contribution in [3.8, 4) is 0 Å². The summed E-state index contributed by atoms with van der Waals surface area (Å²) in [5.74, 6) is -11.3. The maximum Gasteiger partial charge on any atom is 0.383 e. The van der Waals surface area contributed by atoms with Gasteiger partial charge in [-0.25, -0.2) is 0 Å². The molecule has 1 aliphatic rings. The van der Waals surface area contributed by atoms with E-state index >= 15 is 0 Å². The Morgan fingerprint density at radius 3 is 2.30 bits per heavy atom. The van der Waals surface area contributed by atoms with Crippen LogP contribution in [-0.4, -0.2) is 77.5 Å². The molecule has 13 heteroatoms. The fourth-order valence-electron chi connectivity index (χ4n) is 4.21. The molecule has 1 aliphatic heterocycles. The van der Waals surface area contributed by atoms with E-state index in [4.69, 9.17) is 4.74 Å². The van der Waals surface area contributed by atoms with Gasteiger partial charge in [0.25, 0.3) is 5.91 Å². The molecule has 2 rings (SSSR count). The first-order chi connectivity index (χ1) is 18.8. The number of hydrogen-bond donors (Lipinski definition) is 3. The topological polar surface area (TPSA) is 151 Å². The van der Waals surface area contributed by atoms with Crippen molar-refractivity contribution >= 4 is 35.4 Å². The molecule has 0 aliphatic carbocycles. The molecule has 1 aromatic carbocycles. The van der Waals surface area contributed by atoms with Crippen LogP contribution in [0.3, 0.4) is 0 Å². The summed E-state index contributed by atoms with van der Waals surface area (Å²) >= 11 is 0. The number of nitrogens with zero attached hydrogens (tertiary/aromatic N) is 1. The number of rotatable bonds is 13. The van der Waals surface area contributed by atoms with E-state index in [2.05, 4.69) is 10.6 Å². The van der Waals surface area contributed by atoms with E-state index in [0.717, 1.165) is 6.92 Å². The number of carbonyl (C=O) groups is 6. The number of carbonyl (C=O) groups excluding carboxylic acids is 6. The van der Waals surface area contributed by atoms with Crippen molar-refractivity contribution in [2.24, 2.45) is 5.92 Å². The van der Waals surface area contributed by atoms with Crippen LogP contribution in [-0.2, 0) is 40.0 Å². The minimum absolute atomic E-state index is 0.0917. The van der Waals surface area contributed by atoms with E-state index in [1.54, 1.807) is 51.1 Å². The van der Waals surface area contributed by atoms with Gasteiger partial charge in [-0.1, -0.05) is 44.2 Å². The summed E-state index contributed by atoms with van der Waals surface area (Å²) in [6.45, 7) is 6.00. The summed E-state index contributed by atoms with van der Waals surface area (Å²) in [6.07, 6.45) is 0.0425. The number of amides is 4. The number of Topliss-reactive ketones (excluding diaryl/α,β-unsaturated/α-hetero) is 1. The Bertz CT molecular complexity index is 1100. The Morgan fingerprint density at radius 2 is 1.70 bits per heavy atom. The van der Waals surface area contributed by atoms with Crippen LogP contribution in [0.15, 0.2) is 30.3 Å². The second-order valence-corrected chi connectivity index (χ2v) is 9.80. The number of halogens is 2. The lowest BCUT2D eigenvalue weighted by Crippen LogP contribution is -2.58. The van der Waals surface area contributed by atoms with Gasteiger partial charge in [-0.05, 0) is 38.2 Å². The van der Waals surface area contributed by atoms with E-state index in [1.165, 1.54) is 4.90 Å². The number of esters is 1. The summed E-state index contributed by atoms with van der Waals surface area (Å²) in [7, 11) is 0. The summed E-state index contributed by atoms with van der Waals surface area (Å²) in [6, 6.07) is 4.42. The molecule has 1 heterocycles. The fourth-order valence-corrected chi connectivity index (χ4v) is 4.21. The van der Waals surface area contributed by atoms with Crippen molar-refractivity contribution in [2.75, 3.05) is 13.2 Å². The zero-order valence-electron chi connectivity index (χ0n) is 23.0. The van der Waals surface area contributed by atoms with E-state index in [1.807, 2.05) is 5.32 Å². The average molecular weight is 567 g/mol. The van der Waals surface area contributed by atoms with Gasteiger partial charge in [0.05, 0.1) is 12.6 Å². The zero-order chi connectivity index (χ0) is 30.0. The van der Waals surface area contributed by atoms with Crippen LogP contribution in [0.5, 0.6) is 0 Å². The number of hydrogen-bond acceptors (Lipinski definition) is 7. The minimum atomic E-state index is -4.40. The molecule has 0 radical (unpaired) electrons. The van der Waals surface area contributed by atoms with Crippen molar-refractivity contribution in [1.29, 1.82) is 0 Å². The van der Waals surface area contributed by atoms with E-state index in [0.29, 0.717) is 12.0 Å².